The molecule has 76 valence electrons. The third-order valence-electron chi connectivity index (χ3n) is 2.33. The monoisotopic (exact) mass is 213 g/mol. The molecule has 1 N–H and O–H groups in total. The second kappa shape index (κ2) is 4.11. The van der Waals surface area contributed by atoms with Crippen LogP contribution in [0.4, 0.5) is 5.82 Å². The summed E-state index contributed by atoms with van der Waals surface area (Å²) in [6, 6.07) is 0. The zero-order chi connectivity index (χ0) is 9.97. The van der Waals surface area contributed by atoms with Gasteiger partial charge >= 0.3 is 0 Å². The summed E-state index contributed by atoms with van der Waals surface area (Å²) in [7, 11) is 0. The van der Waals surface area contributed by atoms with Crippen molar-refractivity contribution in [1.29, 1.82) is 0 Å². The number of aromatic nitrogens is 2. The van der Waals surface area contributed by atoms with Gasteiger partial charge in [0.2, 0.25) is 0 Å². The van der Waals surface area contributed by atoms with Crippen LogP contribution in [0, 0.1) is 0 Å². The van der Waals surface area contributed by atoms with Crippen molar-refractivity contribution in [2.24, 2.45) is 0 Å². The molecule has 0 spiro atoms. The van der Waals surface area contributed by atoms with Crippen molar-refractivity contribution in [3.8, 4) is 0 Å². The Labute approximate surface area is 87.5 Å². The van der Waals surface area contributed by atoms with Crippen molar-refractivity contribution in [1.82, 2.24) is 9.97 Å². The first kappa shape index (κ1) is 9.68. The molecule has 0 aliphatic carbocycles. The fraction of sp³-hybridized carbons (Fsp3) is 0.556. The SMILES string of the molecule is OC1CCCN(c2nccnc2Cl)C1. The summed E-state index contributed by atoms with van der Waals surface area (Å²) in [6.07, 6.45) is 4.72. The Morgan fingerprint density at radius 3 is 2.93 bits per heavy atom. The lowest BCUT2D eigenvalue weighted by atomic mass is 10.1. The van der Waals surface area contributed by atoms with Gasteiger partial charge in [-0.05, 0) is 12.8 Å². The first-order valence-electron chi connectivity index (χ1n) is 4.67. The molecule has 14 heavy (non-hydrogen) atoms. The van der Waals surface area contributed by atoms with E-state index in [2.05, 4.69) is 9.97 Å². The number of β-amino-alcohol motifs (C(OH)–C–C–N with tert-alkyl or cyclic N) is 1. The lowest BCUT2D eigenvalue weighted by molar-refractivity contribution is 0.154. The van der Waals surface area contributed by atoms with E-state index in [0.29, 0.717) is 17.5 Å². The molecule has 1 aromatic rings. The molecular weight excluding hydrogens is 202 g/mol. The molecule has 0 bridgehead atoms. The Morgan fingerprint density at radius 2 is 2.21 bits per heavy atom. The van der Waals surface area contributed by atoms with Crippen LogP contribution in [0.25, 0.3) is 0 Å². The third kappa shape index (κ3) is 1.96. The van der Waals surface area contributed by atoms with Crippen molar-refractivity contribution in [2.45, 2.75) is 18.9 Å². The fourth-order valence-corrected chi connectivity index (χ4v) is 1.90. The zero-order valence-electron chi connectivity index (χ0n) is 7.73. The number of anilines is 1. The van der Waals surface area contributed by atoms with Crippen molar-refractivity contribution in [2.75, 3.05) is 18.0 Å². The van der Waals surface area contributed by atoms with Gasteiger partial charge in [-0.15, -0.1) is 0 Å². The van der Waals surface area contributed by atoms with Crippen LogP contribution in [-0.2, 0) is 0 Å². The third-order valence-corrected chi connectivity index (χ3v) is 2.60. The molecule has 1 aliphatic rings. The van der Waals surface area contributed by atoms with Gasteiger partial charge in [0, 0.05) is 25.5 Å². The molecule has 4 nitrogen and oxygen atoms in total. The van der Waals surface area contributed by atoms with Gasteiger partial charge in [0.1, 0.15) is 0 Å². The zero-order valence-corrected chi connectivity index (χ0v) is 8.48. The molecule has 0 saturated carbocycles. The van der Waals surface area contributed by atoms with Crippen LogP contribution in [0.5, 0.6) is 0 Å². The Balaban J connectivity index is 2.18. The van der Waals surface area contributed by atoms with Gasteiger partial charge < -0.3 is 10.0 Å². The van der Waals surface area contributed by atoms with E-state index in [0.717, 1.165) is 19.4 Å². The van der Waals surface area contributed by atoms with E-state index in [1.54, 1.807) is 12.4 Å². The van der Waals surface area contributed by atoms with E-state index in [1.807, 2.05) is 4.90 Å². The number of hydrogen-bond donors (Lipinski definition) is 1. The summed E-state index contributed by atoms with van der Waals surface area (Å²) in [4.78, 5) is 10.1. The first-order valence-corrected chi connectivity index (χ1v) is 5.04. The highest BCUT2D eigenvalue weighted by Gasteiger charge is 2.20. The molecule has 1 aliphatic heterocycles. The summed E-state index contributed by atoms with van der Waals surface area (Å²) in [5, 5.41) is 9.90. The van der Waals surface area contributed by atoms with Crippen LogP contribution in [-0.4, -0.2) is 34.3 Å². The molecule has 2 heterocycles. The minimum absolute atomic E-state index is 0.276. The second-order valence-corrected chi connectivity index (χ2v) is 3.77. The summed E-state index contributed by atoms with van der Waals surface area (Å²) < 4.78 is 0. The number of hydrogen-bond acceptors (Lipinski definition) is 4. The lowest BCUT2D eigenvalue weighted by Crippen LogP contribution is -2.38. The quantitative estimate of drug-likeness (QED) is 0.759. The minimum Gasteiger partial charge on any atom is -0.391 e. The smallest absolute Gasteiger partial charge is 0.171 e. The number of aliphatic hydroxyl groups excluding tert-OH is 1. The average Bonchev–Trinajstić information content (AvgIpc) is 2.18. The molecule has 1 unspecified atom stereocenters. The van der Waals surface area contributed by atoms with E-state index < -0.39 is 0 Å². The van der Waals surface area contributed by atoms with Crippen LogP contribution in [0.1, 0.15) is 12.8 Å². The van der Waals surface area contributed by atoms with Crippen molar-refractivity contribution in [3.05, 3.63) is 17.5 Å². The van der Waals surface area contributed by atoms with Crippen molar-refractivity contribution >= 4 is 17.4 Å². The van der Waals surface area contributed by atoms with Gasteiger partial charge in [0.05, 0.1) is 6.10 Å². The molecule has 0 radical (unpaired) electrons. The highest BCUT2D eigenvalue weighted by molar-refractivity contribution is 6.31. The standard InChI is InChI=1S/C9H12ClN3O/c10-8-9(12-4-3-11-8)13-5-1-2-7(14)6-13/h3-4,7,14H,1-2,5-6H2. The van der Waals surface area contributed by atoms with Gasteiger partial charge in [-0.1, -0.05) is 11.6 Å². The molecule has 1 aromatic heterocycles. The highest BCUT2D eigenvalue weighted by atomic mass is 35.5. The molecule has 5 heteroatoms. The number of aliphatic hydroxyl groups is 1. The fourth-order valence-electron chi connectivity index (χ4n) is 1.67. The maximum Gasteiger partial charge on any atom is 0.171 e. The predicted octanol–water partition coefficient (Wildman–Crippen LogP) is 1.09. The van der Waals surface area contributed by atoms with E-state index in [4.69, 9.17) is 11.6 Å². The Kier molecular flexibility index (Phi) is 2.84. The largest absolute Gasteiger partial charge is 0.391 e. The van der Waals surface area contributed by atoms with E-state index >= 15 is 0 Å². The first-order chi connectivity index (χ1) is 6.77. The van der Waals surface area contributed by atoms with E-state index in [9.17, 15) is 5.11 Å². The van der Waals surface area contributed by atoms with E-state index in [1.165, 1.54) is 0 Å². The van der Waals surface area contributed by atoms with Gasteiger partial charge in [0.15, 0.2) is 11.0 Å². The lowest BCUT2D eigenvalue weighted by Gasteiger charge is -2.30. The summed E-state index contributed by atoms with van der Waals surface area (Å²) in [5.41, 5.74) is 0. The molecule has 0 amide bonds. The number of rotatable bonds is 1. The normalized spacial score (nSPS) is 22.4. The predicted molar refractivity (Wildman–Crippen MR) is 54.5 cm³/mol. The highest BCUT2D eigenvalue weighted by Crippen LogP contribution is 2.23. The molecule has 0 aromatic carbocycles. The molecule has 1 atom stereocenters. The van der Waals surface area contributed by atoms with Gasteiger partial charge in [-0.3, -0.25) is 0 Å². The molecular formula is C9H12ClN3O. The Hall–Kier alpha value is -0.870. The van der Waals surface area contributed by atoms with Gasteiger partial charge in [-0.2, -0.15) is 0 Å². The second-order valence-electron chi connectivity index (χ2n) is 3.41. The van der Waals surface area contributed by atoms with Gasteiger partial charge in [-0.25, -0.2) is 9.97 Å². The van der Waals surface area contributed by atoms with Gasteiger partial charge in [0.25, 0.3) is 0 Å². The van der Waals surface area contributed by atoms with Crippen LogP contribution >= 0.6 is 11.6 Å². The van der Waals surface area contributed by atoms with Crippen molar-refractivity contribution < 1.29 is 5.11 Å². The minimum atomic E-state index is -0.276. The van der Waals surface area contributed by atoms with Crippen LogP contribution in [0.15, 0.2) is 12.4 Å². The maximum atomic E-state index is 9.50. The number of piperidine rings is 1. The number of halogens is 1. The number of nitrogens with zero attached hydrogens (tertiary/aromatic N) is 3. The topological polar surface area (TPSA) is 49.2 Å². The van der Waals surface area contributed by atoms with Crippen LogP contribution < -0.4 is 4.90 Å². The summed E-state index contributed by atoms with van der Waals surface area (Å²) in [6.45, 7) is 1.48. The Bertz CT molecular complexity index is 321. The molecule has 1 fully saturated rings. The molecule has 1 saturated heterocycles. The summed E-state index contributed by atoms with van der Waals surface area (Å²) in [5.74, 6) is 0.674. The Morgan fingerprint density at radius 1 is 1.43 bits per heavy atom. The van der Waals surface area contributed by atoms with Crippen molar-refractivity contribution in [3.63, 3.8) is 0 Å². The average molecular weight is 214 g/mol. The summed E-state index contributed by atoms with van der Waals surface area (Å²) >= 11 is 5.91. The van der Waals surface area contributed by atoms with Crippen LogP contribution in [0.3, 0.4) is 0 Å². The van der Waals surface area contributed by atoms with E-state index in [-0.39, 0.29) is 6.10 Å². The van der Waals surface area contributed by atoms with Crippen LogP contribution in [0.2, 0.25) is 5.15 Å². The molecule has 2 rings (SSSR count). The maximum absolute atomic E-state index is 9.50.